The Morgan fingerprint density at radius 1 is 0.929 bits per heavy atom. The average molecular weight is 385 g/mol. The van der Waals surface area contributed by atoms with E-state index in [9.17, 15) is 14.4 Å². The summed E-state index contributed by atoms with van der Waals surface area (Å²) in [6, 6.07) is 12.7. The fourth-order valence-corrected chi connectivity index (χ4v) is 2.49. The highest BCUT2D eigenvalue weighted by atomic mass is 16.5. The molecule has 28 heavy (non-hydrogen) atoms. The van der Waals surface area contributed by atoms with Crippen LogP contribution in [0.1, 0.15) is 20.7 Å². The second kappa shape index (κ2) is 10.2. The van der Waals surface area contributed by atoms with Gasteiger partial charge < -0.3 is 22.1 Å². The molecule has 2 aromatic rings. The molecule has 0 saturated carbocycles. The smallest absolute Gasteiger partial charge is 0.267 e. The first kappa shape index (κ1) is 21.0. The van der Waals surface area contributed by atoms with Crippen LogP contribution in [0, 0.1) is 0 Å². The molecule has 9 heteroatoms. The lowest BCUT2D eigenvalue weighted by molar-refractivity contribution is -0.130. The van der Waals surface area contributed by atoms with Crippen LogP contribution >= 0.6 is 0 Å². The molecule has 2 rings (SSSR count). The van der Waals surface area contributed by atoms with Crippen LogP contribution in [0.2, 0.25) is 0 Å². The summed E-state index contributed by atoms with van der Waals surface area (Å²) in [6.45, 7) is 0.597. The van der Waals surface area contributed by atoms with Gasteiger partial charge >= 0.3 is 0 Å². The van der Waals surface area contributed by atoms with E-state index in [1.54, 1.807) is 42.5 Å². The van der Waals surface area contributed by atoms with Crippen LogP contribution in [-0.2, 0) is 4.79 Å². The number of nitrogens with one attached hydrogen (secondary N) is 3. The molecule has 0 aliphatic heterocycles. The summed E-state index contributed by atoms with van der Waals surface area (Å²) >= 11 is 0. The molecule has 0 aliphatic carbocycles. The predicted molar refractivity (Wildman–Crippen MR) is 104 cm³/mol. The van der Waals surface area contributed by atoms with Crippen molar-refractivity contribution < 1.29 is 19.6 Å². The largest absolute Gasteiger partial charge is 0.351 e. The summed E-state index contributed by atoms with van der Waals surface area (Å²) in [5.41, 5.74) is 14.7. The van der Waals surface area contributed by atoms with Gasteiger partial charge in [0.15, 0.2) is 0 Å². The Labute approximate surface area is 162 Å². The Bertz CT molecular complexity index is 838. The second-order valence-corrected chi connectivity index (χ2v) is 5.94. The minimum Gasteiger partial charge on any atom is -0.351 e. The predicted octanol–water partition coefficient (Wildman–Crippen LogP) is -0.395. The summed E-state index contributed by atoms with van der Waals surface area (Å²) in [5.74, 6) is -1.50. The Kier molecular flexibility index (Phi) is 7.64. The zero-order valence-electron chi connectivity index (χ0n) is 15.1. The van der Waals surface area contributed by atoms with Crippen molar-refractivity contribution in [3.63, 3.8) is 0 Å². The van der Waals surface area contributed by atoms with Crippen molar-refractivity contribution in [2.24, 2.45) is 11.5 Å². The molecule has 9 nitrogen and oxygen atoms in total. The third kappa shape index (κ3) is 5.36. The third-order valence-electron chi connectivity index (χ3n) is 4.00. The van der Waals surface area contributed by atoms with Crippen molar-refractivity contribution in [2.45, 2.75) is 6.04 Å². The first-order chi connectivity index (χ1) is 13.5. The molecule has 0 aliphatic rings. The van der Waals surface area contributed by atoms with Gasteiger partial charge in [0, 0.05) is 30.8 Å². The molecule has 0 saturated heterocycles. The van der Waals surface area contributed by atoms with E-state index in [1.165, 1.54) is 5.48 Å². The van der Waals surface area contributed by atoms with Gasteiger partial charge in [-0.1, -0.05) is 24.3 Å². The molecule has 2 aromatic carbocycles. The average Bonchev–Trinajstić information content (AvgIpc) is 2.75. The van der Waals surface area contributed by atoms with Crippen molar-refractivity contribution in [2.75, 3.05) is 19.6 Å². The molecular formula is C19H23N5O4. The summed E-state index contributed by atoms with van der Waals surface area (Å²) in [7, 11) is 0. The summed E-state index contributed by atoms with van der Waals surface area (Å²) in [4.78, 5) is 35.7. The lowest BCUT2D eigenvalue weighted by atomic mass is 10.0. The topological polar surface area (TPSA) is 160 Å². The molecule has 8 N–H and O–H groups in total. The molecule has 0 radical (unpaired) electrons. The summed E-state index contributed by atoms with van der Waals surface area (Å²) < 4.78 is 0. The third-order valence-corrected chi connectivity index (χ3v) is 4.00. The number of hydrogen-bond acceptors (Lipinski definition) is 6. The molecule has 1 atom stereocenters. The van der Waals surface area contributed by atoms with E-state index in [1.807, 2.05) is 6.07 Å². The van der Waals surface area contributed by atoms with Crippen molar-refractivity contribution >= 4 is 17.7 Å². The fourth-order valence-electron chi connectivity index (χ4n) is 2.49. The Hall–Kier alpha value is -3.27. The Morgan fingerprint density at radius 3 is 2.25 bits per heavy atom. The number of nitrogens with two attached hydrogens (primary N) is 2. The van der Waals surface area contributed by atoms with Gasteiger partial charge in [-0.25, -0.2) is 5.48 Å². The van der Waals surface area contributed by atoms with Gasteiger partial charge in [-0.05, 0) is 35.4 Å². The van der Waals surface area contributed by atoms with Gasteiger partial charge in [0.1, 0.15) is 6.04 Å². The standard InChI is InChI=1S/C19H23N5O4/c20-8-9-22-17(25)15-3-1-2-14(10-15)12-4-6-13(7-5-12)18(26)23-16(11-21)19(27)24-28/h1-7,10,16,28H,8-9,11,20-21H2,(H,22,25)(H,23,26)(H,24,27)/t16-/m0/s1. The minimum absolute atomic E-state index is 0.158. The lowest BCUT2D eigenvalue weighted by Gasteiger charge is -2.14. The Morgan fingerprint density at radius 2 is 1.64 bits per heavy atom. The minimum atomic E-state index is -1.04. The van der Waals surface area contributed by atoms with Gasteiger partial charge in [0.2, 0.25) is 0 Å². The number of benzene rings is 2. The van der Waals surface area contributed by atoms with Crippen LogP contribution in [-0.4, -0.2) is 48.6 Å². The molecule has 148 valence electrons. The number of amides is 3. The van der Waals surface area contributed by atoms with E-state index >= 15 is 0 Å². The van der Waals surface area contributed by atoms with E-state index in [-0.39, 0.29) is 12.5 Å². The van der Waals surface area contributed by atoms with Crippen LogP contribution in [0.4, 0.5) is 0 Å². The van der Waals surface area contributed by atoms with E-state index in [2.05, 4.69) is 10.6 Å². The van der Waals surface area contributed by atoms with Crippen molar-refractivity contribution in [3.05, 3.63) is 59.7 Å². The van der Waals surface area contributed by atoms with Crippen LogP contribution < -0.4 is 27.6 Å². The summed E-state index contributed by atoms with van der Waals surface area (Å²) in [5, 5.41) is 13.8. The molecule has 0 aromatic heterocycles. The SMILES string of the molecule is NCCNC(=O)c1cccc(-c2ccc(C(=O)N[C@@H](CN)C(=O)NO)cc2)c1. The normalized spacial score (nSPS) is 11.4. The number of carbonyl (C=O) groups is 3. The number of rotatable bonds is 8. The van der Waals surface area contributed by atoms with Gasteiger partial charge in [-0.3, -0.25) is 19.6 Å². The van der Waals surface area contributed by atoms with E-state index in [0.717, 1.165) is 11.1 Å². The van der Waals surface area contributed by atoms with E-state index < -0.39 is 17.9 Å². The molecule has 0 unspecified atom stereocenters. The summed E-state index contributed by atoms with van der Waals surface area (Å²) in [6.07, 6.45) is 0. The highest BCUT2D eigenvalue weighted by molar-refractivity contribution is 5.98. The van der Waals surface area contributed by atoms with Gasteiger partial charge in [-0.2, -0.15) is 0 Å². The highest BCUT2D eigenvalue weighted by Crippen LogP contribution is 2.21. The lowest BCUT2D eigenvalue weighted by Crippen LogP contribution is -2.50. The first-order valence-corrected chi connectivity index (χ1v) is 8.63. The monoisotopic (exact) mass is 385 g/mol. The molecule has 0 spiro atoms. The van der Waals surface area contributed by atoms with Crippen LogP contribution in [0.5, 0.6) is 0 Å². The van der Waals surface area contributed by atoms with E-state index in [0.29, 0.717) is 24.2 Å². The van der Waals surface area contributed by atoms with Gasteiger partial charge in [-0.15, -0.1) is 0 Å². The zero-order chi connectivity index (χ0) is 20.5. The number of hydroxylamine groups is 1. The van der Waals surface area contributed by atoms with Crippen LogP contribution in [0.25, 0.3) is 11.1 Å². The molecule has 0 fully saturated rings. The first-order valence-electron chi connectivity index (χ1n) is 8.63. The Balaban J connectivity index is 2.13. The van der Waals surface area contributed by atoms with Crippen molar-refractivity contribution in [1.82, 2.24) is 16.1 Å². The van der Waals surface area contributed by atoms with Crippen LogP contribution in [0.15, 0.2) is 48.5 Å². The number of carbonyl (C=O) groups excluding carboxylic acids is 3. The quantitative estimate of drug-likeness (QED) is 0.268. The fraction of sp³-hybridized carbons (Fsp3) is 0.211. The molecule has 3 amide bonds. The number of hydrogen-bond donors (Lipinski definition) is 6. The maximum atomic E-state index is 12.2. The van der Waals surface area contributed by atoms with Crippen molar-refractivity contribution in [1.29, 1.82) is 0 Å². The van der Waals surface area contributed by atoms with E-state index in [4.69, 9.17) is 16.7 Å². The molecule has 0 bridgehead atoms. The maximum absolute atomic E-state index is 12.2. The van der Waals surface area contributed by atoms with Gasteiger partial charge in [0.25, 0.3) is 17.7 Å². The zero-order valence-corrected chi connectivity index (χ0v) is 15.1. The highest BCUT2D eigenvalue weighted by Gasteiger charge is 2.19. The van der Waals surface area contributed by atoms with Crippen LogP contribution in [0.3, 0.4) is 0 Å². The maximum Gasteiger partial charge on any atom is 0.267 e. The molecule has 0 heterocycles. The molecular weight excluding hydrogens is 362 g/mol. The van der Waals surface area contributed by atoms with Gasteiger partial charge in [0.05, 0.1) is 0 Å². The second-order valence-electron chi connectivity index (χ2n) is 5.94. The van der Waals surface area contributed by atoms with Crippen molar-refractivity contribution in [3.8, 4) is 11.1 Å².